The first-order chi connectivity index (χ1) is 12.8. The zero-order valence-electron chi connectivity index (χ0n) is 17.9. The Bertz CT molecular complexity index is 557. The van der Waals surface area contributed by atoms with Gasteiger partial charge in [-0.05, 0) is 31.8 Å². The number of methoxy groups -OCH3 is 2. The Morgan fingerprint density at radius 1 is 1.04 bits per heavy atom. The highest BCUT2D eigenvalue weighted by Gasteiger charge is 2.59. The van der Waals surface area contributed by atoms with Crippen LogP contribution in [0.1, 0.15) is 25.7 Å². The van der Waals surface area contributed by atoms with Crippen molar-refractivity contribution in [1.82, 2.24) is 9.34 Å². The molecule has 2 saturated heterocycles. The molecule has 7 heteroatoms. The maximum Gasteiger partial charge on any atom is 0.416 e. The zero-order chi connectivity index (χ0) is 19.7. The zero-order valence-corrected chi connectivity index (χ0v) is 19.8. The summed E-state index contributed by atoms with van der Waals surface area (Å²) in [6, 6.07) is 0.863. The van der Waals surface area contributed by atoms with Crippen molar-refractivity contribution in [2.24, 2.45) is 0 Å². The van der Waals surface area contributed by atoms with Crippen molar-refractivity contribution in [2.45, 2.75) is 62.9 Å². The molecule has 0 aromatic carbocycles. The van der Waals surface area contributed by atoms with Crippen LogP contribution in [0.5, 0.6) is 0 Å². The predicted molar refractivity (Wildman–Crippen MR) is 120 cm³/mol. The van der Waals surface area contributed by atoms with E-state index in [1.165, 1.54) is 31.0 Å². The lowest BCUT2D eigenvalue weighted by molar-refractivity contribution is 0.137. The molecular formula is C20H37BN2O2PSi+. The van der Waals surface area contributed by atoms with Crippen molar-refractivity contribution in [3.05, 3.63) is 23.5 Å². The van der Waals surface area contributed by atoms with Gasteiger partial charge in [0.05, 0.1) is 38.7 Å². The van der Waals surface area contributed by atoms with Gasteiger partial charge in [0.25, 0.3) is 0 Å². The summed E-state index contributed by atoms with van der Waals surface area (Å²) in [7, 11) is 7.74. The first-order valence-electron chi connectivity index (χ1n) is 10.4. The molecule has 4 nitrogen and oxygen atoms in total. The molecule has 150 valence electrons. The highest BCUT2D eigenvalue weighted by atomic mass is 31.2. The number of allylic oxidation sites excluding steroid dienone is 4. The molecule has 1 aliphatic carbocycles. The molecule has 2 aliphatic heterocycles. The van der Waals surface area contributed by atoms with Crippen molar-refractivity contribution >= 4 is 23.1 Å². The second-order valence-electron chi connectivity index (χ2n) is 9.30. The molecule has 2 fully saturated rings. The number of nitrogens with zero attached hydrogens (tertiary/aromatic N) is 2. The van der Waals surface area contributed by atoms with Gasteiger partial charge in [0.1, 0.15) is 7.44 Å². The fraction of sp³-hybridized carbons (Fsp3) is 0.800. The molecule has 27 heavy (non-hydrogen) atoms. The summed E-state index contributed by atoms with van der Waals surface area (Å²) in [6.07, 6.45) is 11.9. The molecular weight excluding hydrogens is 370 g/mol. The predicted octanol–water partition coefficient (Wildman–Crippen LogP) is 4.30. The highest BCUT2D eigenvalue weighted by molar-refractivity contribution is 7.97. The van der Waals surface area contributed by atoms with Crippen LogP contribution in [0.15, 0.2) is 23.5 Å². The van der Waals surface area contributed by atoms with E-state index >= 15 is 0 Å². The smallest absolute Gasteiger partial charge is 0.383 e. The molecule has 0 saturated carbocycles. The monoisotopic (exact) mass is 407 g/mol. The van der Waals surface area contributed by atoms with E-state index in [1.807, 2.05) is 14.2 Å². The SMILES string of the molecule is [B][P+](C1=CC=C[C@H]1[Si](C)(C)C)(N1CCC[C@H]1COC)N1CCC[C@H]1COC. The Hall–Kier alpha value is 0.0318. The van der Waals surface area contributed by atoms with Gasteiger partial charge in [-0.1, -0.05) is 31.8 Å². The van der Waals surface area contributed by atoms with E-state index in [1.54, 1.807) is 0 Å². The molecule has 3 aliphatic rings. The number of ether oxygens (including phenoxy) is 2. The lowest BCUT2D eigenvalue weighted by atomic mass is 10.2. The third-order valence-corrected chi connectivity index (χ3v) is 12.8. The van der Waals surface area contributed by atoms with E-state index in [9.17, 15) is 0 Å². The molecule has 2 heterocycles. The van der Waals surface area contributed by atoms with Crippen molar-refractivity contribution in [3.8, 4) is 0 Å². The van der Waals surface area contributed by atoms with Gasteiger partial charge in [0, 0.05) is 32.9 Å². The summed E-state index contributed by atoms with van der Waals surface area (Å²) in [4.78, 5) is 0. The van der Waals surface area contributed by atoms with Gasteiger partial charge < -0.3 is 9.47 Å². The van der Waals surface area contributed by atoms with Crippen LogP contribution >= 0.6 is 7.44 Å². The van der Waals surface area contributed by atoms with Crippen LogP contribution in [0, 0.1) is 0 Å². The minimum atomic E-state index is -2.10. The van der Waals surface area contributed by atoms with Gasteiger partial charge in [0.15, 0.2) is 0 Å². The van der Waals surface area contributed by atoms with E-state index in [0.717, 1.165) is 26.3 Å². The summed E-state index contributed by atoms with van der Waals surface area (Å²) >= 11 is 0. The second-order valence-corrected chi connectivity index (χ2v) is 17.5. The Kier molecular flexibility index (Phi) is 7.09. The van der Waals surface area contributed by atoms with Gasteiger partial charge in [-0.15, -0.1) is 0 Å². The van der Waals surface area contributed by atoms with Crippen LogP contribution in [0.3, 0.4) is 0 Å². The van der Waals surface area contributed by atoms with E-state index in [2.05, 4.69) is 47.2 Å². The molecule has 3 atom stereocenters. The van der Waals surface area contributed by atoms with Crippen molar-refractivity contribution in [1.29, 1.82) is 0 Å². The van der Waals surface area contributed by atoms with Crippen LogP contribution < -0.4 is 0 Å². The largest absolute Gasteiger partial charge is 0.416 e. The fourth-order valence-electron chi connectivity index (χ4n) is 5.13. The summed E-state index contributed by atoms with van der Waals surface area (Å²) in [5.74, 6) is 0. The standard InChI is InChI=1S/C20H37BN2O2PSi/c1-24-15-17-9-7-13-22(17)26(21,23-14-8-10-18(23)16-25-2)19-11-6-12-20(19)27(3,4)5/h6,11-12,17-18,20H,7-10,13-16H2,1-5H3/q+1/t17-,18-,20+/m0/s1. The van der Waals surface area contributed by atoms with Gasteiger partial charge in [-0.2, -0.15) is 9.34 Å². The Morgan fingerprint density at radius 2 is 1.56 bits per heavy atom. The quantitative estimate of drug-likeness (QED) is 0.443. The molecule has 0 spiro atoms. The second kappa shape index (κ2) is 8.81. The maximum atomic E-state index is 7.61. The van der Waals surface area contributed by atoms with E-state index < -0.39 is 15.5 Å². The molecule has 0 unspecified atom stereocenters. The van der Waals surface area contributed by atoms with Crippen LogP contribution in [0.25, 0.3) is 0 Å². The third-order valence-electron chi connectivity index (χ3n) is 6.40. The minimum Gasteiger partial charge on any atom is -0.383 e. The Balaban J connectivity index is 2.01. The van der Waals surface area contributed by atoms with Gasteiger partial charge in [-0.25, -0.2) is 0 Å². The Morgan fingerprint density at radius 3 is 2.00 bits per heavy atom. The number of rotatable bonds is 8. The molecule has 0 aromatic rings. The average Bonchev–Trinajstić information content (AvgIpc) is 3.35. The molecule has 0 bridgehead atoms. The van der Waals surface area contributed by atoms with Crippen LogP contribution in [-0.2, 0) is 9.47 Å². The van der Waals surface area contributed by atoms with Crippen molar-refractivity contribution in [3.63, 3.8) is 0 Å². The normalized spacial score (nSPS) is 30.4. The first-order valence-corrected chi connectivity index (χ1v) is 15.8. The minimum absolute atomic E-state index is 0.431. The first kappa shape index (κ1) is 21.7. The lowest BCUT2D eigenvalue weighted by Crippen LogP contribution is -2.45. The number of hydrogen-bond donors (Lipinski definition) is 0. The molecule has 2 radical (unpaired) electrons. The van der Waals surface area contributed by atoms with E-state index in [-0.39, 0.29) is 0 Å². The number of hydrogen-bond acceptors (Lipinski definition) is 4. The topological polar surface area (TPSA) is 24.9 Å². The molecule has 0 amide bonds. The van der Waals surface area contributed by atoms with E-state index in [4.69, 9.17) is 17.0 Å². The summed E-state index contributed by atoms with van der Waals surface area (Å²) in [5.41, 5.74) is 0.531. The maximum absolute atomic E-state index is 7.61. The summed E-state index contributed by atoms with van der Waals surface area (Å²) < 4.78 is 16.5. The fourth-order valence-corrected chi connectivity index (χ4v) is 12.5. The van der Waals surface area contributed by atoms with Crippen LogP contribution in [-0.4, -0.2) is 77.6 Å². The lowest BCUT2D eigenvalue weighted by Gasteiger charge is -2.46. The average molecular weight is 407 g/mol. The Labute approximate surface area is 169 Å². The van der Waals surface area contributed by atoms with Crippen LogP contribution in [0.4, 0.5) is 0 Å². The molecule has 0 N–H and O–H groups in total. The van der Waals surface area contributed by atoms with Gasteiger partial charge >= 0.3 is 7.57 Å². The molecule has 0 aromatic heterocycles. The van der Waals surface area contributed by atoms with Crippen molar-refractivity contribution < 1.29 is 9.47 Å². The highest BCUT2D eigenvalue weighted by Crippen LogP contribution is 2.75. The summed E-state index contributed by atoms with van der Waals surface area (Å²) in [5, 5.41) is 1.51. The van der Waals surface area contributed by atoms with Crippen molar-refractivity contribution in [2.75, 3.05) is 40.5 Å². The summed E-state index contributed by atoms with van der Waals surface area (Å²) in [6.45, 7) is 11.1. The van der Waals surface area contributed by atoms with Gasteiger partial charge in [-0.3, -0.25) is 0 Å². The van der Waals surface area contributed by atoms with E-state index in [0.29, 0.717) is 17.6 Å². The third kappa shape index (κ3) is 4.17. The van der Waals surface area contributed by atoms with Crippen LogP contribution in [0.2, 0.25) is 25.2 Å². The van der Waals surface area contributed by atoms with Gasteiger partial charge in [0.2, 0.25) is 0 Å². The molecule has 3 rings (SSSR count).